The smallest absolute Gasteiger partial charge is 0.224 e. The molecule has 0 fully saturated rings. The summed E-state index contributed by atoms with van der Waals surface area (Å²) in [7, 11) is 0. The Labute approximate surface area is 114 Å². The molecule has 4 nitrogen and oxygen atoms in total. The normalized spacial score (nSPS) is 10.5. The maximum Gasteiger partial charge on any atom is 0.224 e. The first kappa shape index (κ1) is 13.3. The average Bonchev–Trinajstić information content (AvgIpc) is 2.37. The third kappa shape index (κ3) is 3.95. The summed E-state index contributed by atoms with van der Waals surface area (Å²) in [6, 6.07) is 10.5. The number of hydrogen-bond donors (Lipinski definition) is 2. The van der Waals surface area contributed by atoms with Gasteiger partial charge in [-0.3, -0.25) is 0 Å². The van der Waals surface area contributed by atoms with E-state index in [-0.39, 0.29) is 0 Å². The van der Waals surface area contributed by atoms with Gasteiger partial charge in [-0.05, 0) is 38.0 Å². The summed E-state index contributed by atoms with van der Waals surface area (Å²) < 4.78 is 0. The van der Waals surface area contributed by atoms with Crippen LogP contribution in [-0.2, 0) is 6.54 Å². The number of benzene rings is 1. The lowest BCUT2D eigenvalue weighted by Gasteiger charge is -2.11. The van der Waals surface area contributed by atoms with Crippen molar-refractivity contribution in [2.24, 2.45) is 0 Å². The Bertz CT molecular complexity index is 537. The maximum atomic E-state index is 4.42. The Kier molecular flexibility index (Phi) is 4.34. The second-order valence-electron chi connectivity index (χ2n) is 4.84. The van der Waals surface area contributed by atoms with E-state index in [9.17, 15) is 0 Å². The van der Waals surface area contributed by atoms with Crippen molar-refractivity contribution in [3.63, 3.8) is 0 Å². The minimum absolute atomic E-state index is 0.360. The van der Waals surface area contributed by atoms with E-state index in [1.165, 1.54) is 11.1 Å². The van der Waals surface area contributed by atoms with Gasteiger partial charge in [-0.1, -0.05) is 24.3 Å². The predicted molar refractivity (Wildman–Crippen MR) is 79.3 cm³/mol. The number of aromatic nitrogens is 2. The van der Waals surface area contributed by atoms with Crippen LogP contribution >= 0.6 is 0 Å². The van der Waals surface area contributed by atoms with Crippen LogP contribution in [0.25, 0.3) is 0 Å². The third-order valence-electron chi connectivity index (χ3n) is 2.79. The molecule has 0 aliphatic rings. The summed E-state index contributed by atoms with van der Waals surface area (Å²) in [5.74, 6) is 1.49. The molecule has 2 N–H and O–H groups in total. The van der Waals surface area contributed by atoms with E-state index in [0.717, 1.165) is 12.4 Å². The Morgan fingerprint density at radius 1 is 1.16 bits per heavy atom. The standard InChI is InChI=1S/C15H20N4/c1-11(2)18-14-8-9-16-15(19-14)17-10-13-7-5-4-6-12(13)3/h4-9,11H,10H2,1-3H3,(H2,16,17,18,19). The average molecular weight is 256 g/mol. The molecule has 19 heavy (non-hydrogen) atoms. The van der Waals surface area contributed by atoms with Crippen LogP contribution in [0, 0.1) is 6.92 Å². The first-order valence-electron chi connectivity index (χ1n) is 6.53. The van der Waals surface area contributed by atoms with E-state index < -0.39 is 0 Å². The molecule has 0 saturated carbocycles. The zero-order valence-corrected chi connectivity index (χ0v) is 11.6. The summed E-state index contributed by atoms with van der Waals surface area (Å²) in [5, 5.41) is 6.52. The molecule has 0 spiro atoms. The van der Waals surface area contributed by atoms with Gasteiger partial charge in [0.25, 0.3) is 0 Å². The number of aryl methyl sites for hydroxylation is 1. The first-order valence-corrected chi connectivity index (χ1v) is 6.53. The zero-order valence-electron chi connectivity index (χ0n) is 11.6. The van der Waals surface area contributed by atoms with Crippen LogP contribution in [-0.4, -0.2) is 16.0 Å². The van der Waals surface area contributed by atoms with Crippen LogP contribution in [0.4, 0.5) is 11.8 Å². The highest BCUT2D eigenvalue weighted by molar-refractivity contribution is 5.40. The molecule has 1 aromatic heterocycles. The largest absolute Gasteiger partial charge is 0.368 e. The van der Waals surface area contributed by atoms with Crippen LogP contribution in [0.5, 0.6) is 0 Å². The quantitative estimate of drug-likeness (QED) is 0.862. The molecule has 0 aliphatic heterocycles. The first-order chi connectivity index (χ1) is 9.15. The topological polar surface area (TPSA) is 49.8 Å². The van der Waals surface area contributed by atoms with Crippen molar-refractivity contribution >= 4 is 11.8 Å². The van der Waals surface area contributed by atoms with Crippen molar-refractivity contribution in [2.45, 2.75) is 33.4 Å². The molecule has 0 unspecified atom stereocenters. The van der Waals surface area contributed by atoms with E-state index in [1.807, 2.05) is 18.2 Å². The summed E-state index contributed by atoms with van der Waals surface area (Å²) >= 11 is 0. The fraction of sp³-hybridized carbons (Fsp3) is 0.333. The molecule has 0 atom stereocenters. The van der Waals surface area contributed by atoms with Gasteiger partial charge < -0.3 is 10.6 Å². The lowest BCUT2D eigenvalue weighted by atomic mass is 10.1. The second kappa shape index (κ2) is 6.18. The van der Waals surface area contributed by atoms with E-state index >= 15 is 0 Å². The predicted octanol–water partition coefficient (Wildman–Crippen LogP) is 3.22. The molecule has 0 saturated heterocycles. The molecular weight excluding hydrogens is 236 g/mol. The van der Waals surface area contributed by atoms with Gasteiger partial charge in [0.15, 0.2) is 0 Å². The van der Waals surface area contributed by atoms with E-state index in [4.69, 9.17) is 0 Å². The highest BCUT2D eigenvalue weighted by Crippen LogP contribution is 2.11. The van der Waals surface area contributed by atoms with Gasteiger partial charge in [-0.25, -0.2) is 4.98 Å². The SMILES string of the molecule is Cc1ccccc1CNc1nccc(NC(C)C)n1. The van der Waals surface area contributed by atoms with Crippen molar-refractivity contribution in [1.29, 1.82) is 0 Å². The summed E-state index contributed by atoms with van der Waals surface area (Å²) in [6.07, 6.45) is 1.76. The van der Waals surface area contributed by atoms with Gasteiger partial charge in [0.1, 0.15) is 5.82 Å². The van der Waals surface area contributed by atoms with Gasteiger partial charge in [0, 0.05) is 18.8 Å². The van der Waals surface area contributed by atoms with Crippen LogP contribution < -0.4 is 10.6 Å². The fourth-order valence-corrected chi connectivity index (χ4v) is 1.80. The van der Waals surface area contributed by atoms with Crippen LogP contribution in [0.3, 0.4) is 0 Å². The molecular formula is C15H20N4. The van der Waals surface area contributed by atoms with E-state index in [1.54, 1.807) is 6.20 Å². The maximum absolute atomic E-state index is 4.42. The Morgan fingerprint density at radius 2 is 1.95 bits per heavy atom. The minimum Gasteiger partial charge on any atom is -0.368 e. The highest BCUT2D eigenvalue weighted by atomic mass is 15.1. The van der Waals surface area contributed by atoms with Crippen molar-refractivity contribution < 1.29 is 0 Å². The molecule has 2 rings (SSSR count). The Hall–Kier alpha value is -2.10. The van der Waals surface area contributed by atoms with Crippen molar-refractivity contribution in [3.8, 4) is 0 Å². The number of anilines is 2. The fourth-order valence-electron chi connectivity index (χ4n) is 1.80. The van der Waals surface area contributed by atoms with Crippen molar-refractivity contribution in [3.05, 3.63) is 47.7 Å². The molecule has 1 heterocycles. The molecule has 0 bridgehead atoms. The second-order valence-corrected chi connectivity index (χ2v) is 4.84. The van der Waals surface area contributed by atoms with Gasteiger partial charge in [-0.15, -0.1) is 0 Å². The minimum atomic E-state index is 0.360. The Balaban J connectivity index is 2.02. The van der Waals surface area contributed by atoms with Crippen LogP contribution in [0.15, 0.2) is 36.5 Å². The van der Waals surface area contributed by atoms with E-state index in [2.05, 4.69) is 53.5 Å². The number of rotatable bonds is 5. The van der Waals surface area contributed by atoms with Crippen LogP contribution in [0.1, 0.15) is 25.0 Å². The number of hydrogen-bond acceptors (Lipinski definition) is 4. The summed E-state index contributed by atoms with van der Waals surface area (Å²) in [5.41, 5.74) is 2.53. The molecule has 1 aromatic carbocycles. The Morgan fingerprint density at radius 3 is 2.68 bits per heavy atom. The lowest BCUT2D eigenvalue weighted by Crippen LogP contribution is -2.12. The number of nitrogens with one attached hydrogen (secondary N) is 2. The monoisotopic (exact) mass is 256 g/mol. The zero-order chi connectivity index (χ0) is 13.7. The molecule has 0 amide bonds. The number of nitrogens with zero attached hydrogens (tertiary/aromatic N) is 2. The molecule has 0 radical (unpaired) electrons. The molecule has 0 aliphatic carbocycles. The molecule has 4 heteroatoms. The highest BCUT2D eigenvalue weighted by Gasteiger charge is 2.01. The molecule has 2 aromatic rings. The van der Waals surface area contributed by atoms with Gasteiger partial charge in [0.2, 0.25) is 5.95 Å². The lowest BCUT2D eigenvalue weighted by molar-refractivity contribution is 0.885. The van der Waals surface area contributed by atoms with Crippen molar-refractivity contribution in [1.82, 2.24) is 9.97 Å². The summed E-state index contributed by atoms with van der Waals surface area (Å²) in [6.45, 7) is 7.01. The van der Waals surface area contributed by atoms with Gasteiger partial charge >= 0.3 is 0 Å². The molecule has 100 valence electrons. The van der Waals surface area contributed by atoms with Crippen LogP contribution in [0.2, 0.25) is 0 Å². The van der Waals surface area contributed by atoms with E-state index in [0.29, 0.717) is 12.0 Å². The van der Waals surface area contributed by atoms with Gasteiger partial charge in [-0.2, -0.15) is 4.98 Å². The van der Waals surface area contributed by atoms with Crippen molar-refractivity contribution in [2.75, 3.05) is 10.6 Å². The summed E-state index contributed by atoms with van der Waals surface area (Å²) in [4.78, 5) is 8.65. The van der Waals surface area contributed by atoms with Gasteiger partial charge in [0.05, 0.1) is 0 Å². The third-order valence-corrected chi connectivity index (χ3v) is 2.79.